The van der Waals surface area contributed by atoms with Crippen molar-refractivity contribution in [2.45, 2.75) is 45.9 Å². The summed E-state index contributed by atoms with van der Waals surface area (Å²) in [4.78, 5) is 25.9. The minimum Gasteiger partial charge on any atom is -0.497 e. The Balaban J connectivity index is 2.09. The van der Waals surface area contributed by atoms with Gasteiger partial charge in [0.15, 0.2) is 6.16 Å². The van der Waals surface area contributed by atoms with Crippen molar-refractivity contribution in [2.75, 3.05) is 31.9 Å². The molecule has 0 saturated heterocycles. The van der Waals surface area contributed by atoms with Gasteiger partial charge in [-0.25, -0.2) is 4.79 Å². The van der Waals surface area contributed by atoms with E-state index in [1.165, 1.54) is 0 Å². The Morgan fingerprint density at radius 3 is 2.23 bits per heavy atom. The van der Waals surface area contributed by atoms with Crippen molar-refractivity contribution in [2.24, 2.45) is 0 Å². The fraction of sp³-hybridized carbons (Fsp3) is 0.440. The maximum Gasteiger partial charge on any atom is 0.344 e. The monoisotopic (exact) mass is 444 g/mol. The summed E-state index contributed by atoms with van der Waals surface area (Å²) in [7, 11) is -0.264. The average molecular weight is 445 g/mol. The van der Waals surface area contributed by atoms with E-state index in [0.717, 1.165) is 41.0 Å². The van der Waals surface area contributed by atoms with Crippen LogP contribution in [0.5, 0.6) is 5.75 Å². The minimum absolute atomic E-state index is 0.0209. The number of methoxy groups -OCH3 is 1. The second-order valence-electron chi connectivity index (χ2n) is 8.51. The number of ether oxygens (including phenoxy) is 2. The Bertz CT molecular complexity index is 873. The molecule has 0 saturated carbocycles. The molecular formula is C25H35NO4P+. The lowest BCUT2D eigenvalue weighted by atomic mass is 10.1. The molecule has 1 amide bonds. The van der Waals surface area contributed by atoms with Crippen molar-refractivity contribution >= 4 is 24.8 Å². The van der Waals surface area contributed by atoms with E-state index < -0.39 is 7.26 Å². The van der Waals surface area contributed by atoms with Crippen LogP contribution in [0.3, 0.4) is 0 Å². The number of carbonyl (C=O) groups excluding carboxylic acids is 2. The van der Waals surface area contributed by atoms with E-state index in [2.05, 4.69) is 25.6 Å². The third-order valence-corrected chi connectivity index (χ3v) is 8.73. The Morgan fingerprint density at radius 1 is 1.06 bits per heavy atom. The number of aryl methyl sites for hydroxylation is 2. The molecule has 1 unspecified atom stereocenters. The van der Waals surface area contributed by atoms with Gasteiger partial charge in [-0.1, -0.05) is 43.7 Å². The topological polar surface area (TPSA) is 64.6 Å². The second kappa shape index (κ2) is 11.3. The molecule has 0 aliphatic rings. The zero-order chi connectivity index (χ0) is 23.0. The summed E-state index contributed by atoms with van der Waals surface area (Å²) < 4.78 is 10.8. The first-order chi connectivity index (χ1) is 14.7. The standard InChI is InChI=1S/C25H34NO4P/c1-7-11-22(25(28)26-24-18(2)14-21(29-4)15-19(24)3)31(5,6)17-23(27)30-16-20-12-9-8-10-13-20/h8-10,12-15,22H,7,11,16-17H2,1-6H3/p+1. The Hall–Kier alpha value is -2.39. The van der Waals surface area contributed by atoms with Gasteiger partial charge in [0.1, 0.15) is 18.0 Å². The summed E-state index contributed by atoms with van der Waals surface area (Å²) in [6.45, 7) is 10.4. The van der Waals surface area contributed by atoms with Crippen LogP contribution in [0.25, 0.3) is 0 Å². The number of anilines is 1. The van der Waals surface area contributed by atoms with Crippen molar-refractivity contribution in [1.29, 1.82) is 0 Å². The summed E-state index contributed by atoms with van der Waals surface area (Å²) in [6, 6.07) is 13.5. The van der Waals surface area contributed by atoms with E-state index >= 15 is 0 Å². The number of esters is 1. The Morgan fingerprint density at radius 2 is 1.68 bits per heavy atom. The highest BCUT2D eigenvalue weighted by molar-refractivity contribution is 7.76. The number of rotatable bonds is 10. The van der Waals surface area contributed by atoms with E-state index in [0.29, 0.717) is 6.16 Å². The molecular weight excluding hydrogens is 409 g/mol. The predicted molar refractivity (Wildman–Crippen MR) is 130 cm³/mol. The van der Waals surface area contributed by atoms with Crippen LogP contribution in [0.15, 0.2) is 42.5 Å². The van der Waals surface area contributed by atoms with Crippen LogP contribution in [0.1, 0.15) is 36.5 Å². The van der Waals surface area contributed by atoms with Gasteiger partial charge in [0.2, 0.25) is 0 Å². The third kappa shape index (κ3) is 7.07. The van der Waals surface area contributed by atoms with Crippen molar-refractivity contribution in [3.8, 4) is 5.75 Å². The van der Waals surface area contributed by atoms with Gasteiger partial charge >= 0.3 is 5.97 Å². The Labute approximate surface area is 186 Å². The SMILES string of the molecule is CCCC(C(=O)Nc1c(C)cc(OC)cc1C)[P+](C)(C)CC(=O)OCc1ccccc1. The fourth-order valence-corrected chi connectivity index (χ4v) is 6.38. The highest BCUT2D eigenvalue weighted by Crippen LogP contribution is 2.57. The predicted octanol–water partition coefficient (Wildman–Crippen LogP) is 5.44. The molecule has 0 fully saturated rings. The van der Waals surface area contributed by atoms with Crippen LogP contribution in [0.4, 0.5) is 5.69 Å². The maximum absolute atomic E-state index is 13.3. The van der Waals surface area contributed by atoms with Gasteiger partial charge in [-0.3, -0.25) is 4.79 Å². The zero-order valence-electron chi connectivity index (χ0n) is 19.5. The van der Waals surface area contributed by atoms with Crippen LogP contribution in [0.2, 0.25) is 0 Å². The van der Waals surface area contributed by atoms with E-state index in [4.69, 9.17) is 9.47 Å². The number of hydrogen-bond donors (Lipinski definition) is 1. The molecule has 2 rings (SSSR count). The molecule has 0 aliphatic heterocycles. The third-order valence-electron chi connectivity index (χ3n) is 5.48. The van der Waals surface area contributed by atoms with Crippen LogP contribution >= 0.6 is 7.26 Å². The molecule has 31 heavy (non-hydrogen) atoms. The summed E-state index contributed by atoms with van der Waals surface area (Å²) in [5.41, 5.74) is 3.49. The highest BCUT2D eigenvalue weighted by atomic mass is 31.2. The lowest BCUT2D eigenvalue weighted by Crippen LogP contribution is -2.33. The van der Waals surface area contributed by atoms with E-state index in [1.807, 2.05) is 56.3 Å². The maximum atomic E-state index is 13.3. The molecule has 2 aromatic carbocycles. The lowest BCUT2D eigenvalue weighted by Gasteiger charge is -2.27. The second-order valence-corrected chi connectivity index (χ2v) is 13.0. The summed E-state index contributed by atoms with van der Waals surface area (Å²) in [5, 5.41) is 3.13. The molecule has 0 spiro atoms. The number of hydrogen-bond acceptors (Lipinski definition) is 4. The van der Waals surface area contributed by atoms with Gasteiger partial charge in [0.05, 0.1) is 7.11 Å². The average Bonchev–Trinajstić information content (AvgIpc) is 2.73. The van der Waals surface area contributed by atoms with E-state index in [1.54, 1.807) is 7.11 Å². The van der Waals surface area contributed by atoms with Crippen molar-refractivity contribution in [1.82, 2.24) is 0 Å². The summed E-state index contributed by atoms with van der Waals surface area (Å²) in [6.07, 6.45) is 1.91. The normalized spacial score (nSPS) is 12.2. The van der Waals surface area contributed by atoms with Crippen molar-refractivity contribution < 1.29 is 19.1 Å². The quantitative estimate of drug-likeness (QED) is 0.391. The molecule has 1 atom stereocenters. The molecule has 0 radical (unpaired) electrons. The van der Waals surface area contributed by atoms with Crippen LogP contribution in [-0.2, 0) is 20.9 Å². The smallest absolute Gasteiger partial charge is 0.344 e. The van der Waals surface area contributed by atoms with Gasteiger partial charge in [0, 0.05) is 26.3 Å². The molecule has 0 aliphatic carbocycles. The highest BCUT2D eigenvalue weighted by Gasteiger charge is 2.43. The van der Waals surface area contributed by atoms with Gasteiger partial charge in [-0.2, -0.15) is 0 Å². The first-order valence-corrected chi connectivity index (χ1v) is 13.6. The minimum atomic E-state index is -1.90. The molecule has 1 N–H and O–H groups in total. The molecule has 0 heterocycles. The molecule has 0 aromatic heterocycles. The summed E-state index contributed by atoms with van der Waals surface area (Å²) in [5.74, 6) is 0.507. The lowest BCUT2D eigenvalue weighted by molar-refractivity contribution is -0.141. The number of amides is 1. The molecule has 5 nitrogen and oxygen atoms in total. The van der Waals surface area contributed by atoms with Crippen LogP contribution < -0.4 is 10.1 Å². The van der Waals surface area contributed by atoms with Crippen molar-refractivity contribution in [3.63, 3.8) is 0 Å². The van der Waals surface area contributed by atoms with E-state index in [-0.39, 0.29) is 24.1 Å². The molecule has 6 heteroatoms. The zero-order valence-corrected chi connectivity index (χ0v) is 20.4. The Kier molecular flexibility index (Phi) is 9.06. The fourth-order valence-electron chi connectivity index (χ4n) is 3.74. The largest absolute Gasteiger partial charge is 0.497 e. The molecule has 0 bridgehead atoms. The number of carbonyl (C=O) groups is 2. The van der Waals surface area contributed by atoms with Crippen LogP contribution in [0, 0.1) is 13.8 Å². The first-order valence-electron chi connectivity index (χ1n) is 10.7. The van der Waals surface area contributed by atoms with Crippen LogP contribution in [-0.4, -0.2) is 44.1 Å². The molecule has 168 valence electrons. The molecule has 2 aromatic rings. The number of benzene rings is 2. The summed E-state index contributed by atoms with van der Waals surface area (Å²) >= 11 is 0. The van der Waals surface area contributed by atoms with E-state index in [9.17, 15) is 9.59 Å². The van der Waals surface area contributed by atoms with Gasteiger partial charge in [-0.05, 0) is 49.1 Å². The first kappa shape index (κ1) is 24.9. The number of nitrogens with one attached hydrogen (secondary N) is 1. The van der Waals surface area contributed by atoms with Crippen molar-refractivity contribution in [3.05, 3.63) is 59.2 Å². The van der Waals surface area contributed by atoms with Gasteiger partial charge in [0.25, 0.3) is 5.91 Å². The van der Waals surface area contributed by atoms with Gasteiger partial charge in [-0.15, -0.1) is 0 Å². The van der Waals surface area contributed by atoms with Gasteiger partial charge < -0.3 is 14.8 Å².